The van der Waals surface area contributed by atoms with E-state index in [-0.39, 0.29) is 0 Å². The maximum absolute atomic E-state index is 5.69. The number of nitrogens with zero attached hydrogens (tertiary/aromatic N) is 3. The molecule has 1 heterocycles. The SMILES string of the molecule is Cc1nc(C)n(CCCOc2cccc(C(N)=S)c2)n1. The summed E-state index contributed by atoms with van der Waals surface area (Å²) in [6.07, 6.45) is 0.862. The average molecular weight is 290 g/mol. The van der Waals surface area contributed by atoms with Gasteiger partial charge in [0.1, 0.15) is 22.4 Å². The van der Waals surface area contributed by atoms with E-state index < -0.39 is 0 Å². The van der Waals surface area contributed by atoms with Gasteiger partial charge in [0, 0.05) is 18.5 Å². The Balaban J connectivity index is 1.83. The minimum atomic E-state index is 0.379. The number of benzene rings is 1. The summed E-state index contributed by atoms with van der Waals surface area (Å²) in [4.78, 5) is 4.64. The second-order valence-electron chi connectivity index (χ2n) is 4.52. The number of nitrogens with two attached hydrogens (primary N) is 1. The molecule has 0 saturated carbocycles. The van der Waals surface area contributed by atoms with Crippen LogP contribution in [0, 0.1) is 13.8 Å². The van der Waals surface area contributed by atoms with Crippen molar-refractivity contribution in [1.29, 1.82) is 0 Å². The van der Waals surface area contributed by atoms with Gasteiger partial charge in [-0.3, -0.25) is 0 Å². The van der Waals surface area contributed by atoms with Crippen LogP contribution in [0.1, 0.15) is 23.6 Å². The molecule has 2 rings (SSSR count). The van der Waals surface area contributed by atoms with Crippen LogP contribution in [0.25, 0.3) is 0 Å². The zero-order valence-corrected chi connectivity index (χ0v) is 12.5. The van der Waals surface area contributed by atoms with Gasteiger partial charge in [-0.1, -0.05) is 24.4 Å². The van der Waals surface area contributed by atoms with Crippen molar-refractivity contribution >= 4 is 17.2 Å². The molecule has 106 valence electrons. The molecule has 6 heteroatoms. The number of aromatic nitrogens is 3. The predicted octanol–water partition coefficient (Wildman–Crippen LogP) is 2.00. The third-order valence-electron chi connectivity index (χ3n) is 2.86. The molecule has 2 N–H and O–H groups in total. The molecule has 0 fully saturated rings. The molecular weight excluding hydrogens is 272 g/mol. The van der Waals surface area contributed by atoms with Gasteiger partial charge in [0.05, 0.1) is 6.61 Å². The summed E-state index contributed by atoms with van der Waals surface area (Å²) >= 11 is 4.94. The first kappa shape index (κ1) is 14.5. The number of hydrogen-bond donors (Lipinski definition) is 1. The topological polar surface area (TPSA) is 66.0 Å². The van der Waals surface area contributed by atoms with E-state index in [1.54, 1.807) is 0 Å². The van der Waals surface area contributed by atoms with Crippen LogP contribution in [0.15, 0.2) is 24.3 Å². The van der Waals surface area contributed by atoms with Gasteiger partial charge in [-0.25, -0.2) is 9.67 Å². The fraction of sp³-hybridized carbons (Fsp3) is 0.357. The average Bonchev–Trinajstić information content (AvgIpc) is 2.73. The molecule has 5 nitrogen and oxygen atoms in total. The van der Waals surface area contributed by atoms with E-state index in [4.69, 9.17) is 22.7 Å². The highest BCUT2D eigenvalue weighted by atomic mass is 32.1. The highest BCUT2D eigenvalue weighted by Crippen LogP contribution is 2.13. The molecule has 1 aromatic carbocycles. The summed E-state index contributed by atoms with van der Waals surface area (Å²) in [7, 11) is 0. The van der Waals surface area contributed by atoms with Gasteiger partial charge in [-0.05, 0) is 26.0 Å². The maximum atomic E-state index is 5.69. The van der Waals surface area contributed by atoms with Crippen LogP contribution < -0.4 is 10.5 Å². The predicted molar refractivity (Wildman–Crippen MR) is 81.9 cm³/mol. The van der Waals surface area contributed by atoms with E-state index in [1.807, 2.05) is 42.8 Å². The van der Waals surface area contributed by atoms with Gasteiger partial charge in [0.25, 0.3) is 0 Å². The zero-order valence-electron chi connectivity index (χ0n) is 11.7. The number of thiocarbonyl (C=S) groups is 1. The number of aryl methyl sites for hydroxylation is 3. The van der Waals surface area contributed by atoms with E-state index in [0.717, 1.165) is 35.9 Å². The Morgan fingerprint density at radius 1 is 1.40 bits per heavy atom. The Morgan fingerprint density at radius 2 is 2.20 bits per heavy atom. The van der Waals surface area contributed by atoms with Crippen LogP contribution in [0.2, 0.25) is 0 Å². The van der Waals surface area contributed by atoms with Gasteiger partial charge in [0.15, 0.2) is 0 Å². The number of ether oxygens (including phenoxy) is 1. The second kappa shape index (κ2) is 6.47. The van der Waals surface area contributed by atoms with Crippen molar-refractivity contribution in [3.63, 3.8) is 0 Å². The maximum Gasteiger partial charge on any atom is 0.147 e. The van der Waals surface area contributed by atoms with Crippen molar-refractivity contribution in [3.8, 4) is 5.75 Å². The first-order valence-corrected chi connectivity index (χ1v) is 6.88. The summed E-state index contributed by atoms with van der Waals surface area (Å²) in [6.45, 7) is 5.24. The van der Waals surface area contributed by atoms with Gasteiger partial charge >= 0.3 is 0 Å². The summed E-state index contributed by atoms with van der Waals surface area (Å²) < 4.78 is 7.58. The molecular formula is C14H18N4OS. The Morgan fingerprint density at radius 3 is 2.85 bits per heavy atom. The molecule has 2 aromatic rings. The van der Waals surface area contributed by atoms with Crippen LogP contribution in [-0.2, 0) is 6.54 Å². The largest absolute Gasteiger partial charge is 0.494 e. The third-order valence-corrected chi connectivity index (χ3v) is 3.10. The van der Waals surface area contributed by atoms with E-state index in [1.165, 1.54) is 0 Å². The highest BCUT2D eigenvalue weighted by Gasteiger charge is 2.03. The lowest BCUT2D eigenvalue weighted by Crippen LogP contribution is -2.10. The van der Waals surface area contributed by atoms with E-state index in [2.05, 4.69) is 10.1 Å². The Kier molecular flexibility index (Phi) is 4.68. The summed E-state index contributed by atoms with van der Waals surface area (Å²) in [5, 5.41) is 4.31. The first-order chi connectivity index (χ1) is 9.56. The summed E-state index contributed by atoms with van der Waals surface area (Å²) in [5.74, 6) is 2.51. The molecule has 0 amide bonds. The summed E-state index contributed by atoms with van der Waals surface area (Å²) in [5.41, 5.74) is 6.41. The lowest BCUT2D eigenvalue weighted by atomic mass is 10.2. The second-order valence-corrected chi connectivity index (χ2v) is 4.96. The van der Waals surface area contributed by atoms with Crippen LogP contribution in [-0.4, -0.2) is 26.4 Å². The number of rotatable bonds is 6. The standard InChI is InChI=1S/C14H18N4OS/c1-10-16-11(2)18(17-10)7-4-8-19-13-6-3-5-12(9-13)14(15)20/h3,5-6,9H,4,7-8H2,1-2H3,(H2,15,20). The Labute approximate surface area is 123 Å². The molecule has 0 aliphatic heterocycles. The lowest BCUT2D eigenvalue weighted by Gasteiger charge is -2.08. The van der Waals surface area contributed by atoms with Crippen molar-refractivity contribution in [2.75, 3.05) is 6.61 Å². The first-order valence-electron chi connectivity index (χ1n) is 6.47. The van der Waals surface area contributed by atoms with Gasteiger partial charge in [-0.2, -0.15) is 5.10 Å². The quantitative estimate of drug-likeness (QED) is 0.651. The molecule has 1 aromatic heterocycles. The van der Waals surface area contributed by atoms with Crippen LogP contribution in [0.3, 0.4) is 0 Å². The van der Waals surface area contributed by atoms with Crippen LogP contribution in [0.5, 0.6) is 5.75 Å². The van der Waals surface area contributed by atoms with Crippen LogP contribution >= 0.6 is 12.2 Å². The molecule has 0 aliphatic rings. The molecule has 0 atom stereocenters. The van der Waals surface area contributed by atoms with E-state index >= 15 is 0 Å². The van der Waals surface area contributed by atoms with Gasteiger partial charge < -0.3 is 10.5 Å². The van der Waals surface area contributed by atoms with E-state index in [0.29, 0.717) is 11.6 Å². The molecule has 0 aliphatic carbocycles. The molecule has 0 bridgehead atoms. The molecule has 20 heavy (non-hydrogen) atoms. The third kappa shape index (κ3) is 3.77. The van der Waals surface area contributed by atoms with Gasteiger partial charge in [0.2, 0.25) is 0 Å². The van der Waals surface area contributed by atoms with Crippen molar-refractivity contribution in [2.45, 2.75) is 26.8 Å². The molecule has 0 spiro atoms. The fourth-order valence-corrected chi connectivity index (χ4v) is 2.04. The zero-order chi connectivity index (χ0) is 14.5. The minimum absolute atomic E-state index is 0.379. The van der Waals surface area contributed by atoms with Crippen molar-refractivity contribution < 1.29 is 4.74 Å². The van der Waals surface area contributed by atoms with E-state index in [9.17, 15) is 0 Å². The summed E-state index contributed by atoms with van der Waals surface area (Å²) in [6, 6.07) is 7.51. The van der Waals surface area contributed by atoms with Gasteiger partial charge in [-0.15, -0.1) is 0 Å². The monoisotopic (exact) mass is 290 g/mol. The molecule has 0 unspecified atom stereocenters. The Bertz CT molecular complexity index is 609. The highest BCUT2D eigenvalue weighted by molar-refractivity contribution is 7.80. The van der Waals surface area contributed by atoms with Crippen molar-refractivity contribution in [3.05, 3.63) is 41.5 Å². The molecule has 0 radical (unpaired) electrons. The lowest BCUT2D eigenvalue weighted by molar-refractivity contribution is 0.297. The van der Waals surface area contributed by atoms with Crippen LogP contribution in [0.4, 0.5) is 0 Å². The smallest absolute Gasteiger partial charge is 0.147 e. The van der Waals surface area contributed by atoms with Crippen molar-refractivity contribution in [1.82, 2.24) is 14.8 Å². The molecule has 0 saturated heterocycles. The normalized spacial score (nSPS) is 10.5. The Hall–Kier alpha value is -1.95. The minimum Gasteiger partial charge on any atom is -0.494 e. The number of hydrogen-bond acceptors (Lipinski definition) is 4. The fourth-order valence-electron chi connectivity index (χ4n) is 1.92. The van der Waals surface area contributed by atoms with Crippen molar-refractivity contribution in [2.24, 2.45) is 5.73 Å².